The number of carbonyl (C=O) groups is 2. The number of amides is 1. The number of aryl methyl sites for hydroxylation is 2. The Hall–Kier alpha value is -3.04. The minimum atomic E-state index is -0.828. The highest BCUT2D eigenvalue weighted by atomic mass is 16.7. The van der Waals surface area contributed by atoms with E-state index in [9.17, 15) is 14.7 Å². The van der Waals surface area contributed by atoms with Gasteiger partial charge in [-0.3, -0.25) is 14.5 Å². The third kappa shape index (κ3) is 6.50. The number of aliphatic carboxylic acids is 1. The summed E-state index contributed by atoms with van der Waals surface area (Å²) in [4.78, 5) is 30.4. The summed E-state index contributed by atoms with van der Waals surface area (Å²) in [7, 11) is 2.00. The summed E-state index contributed by atoms with van der Waals surface area (Å²) in [6.07, 6.45) is 7.12. The average molecular weight is 527 g/mol. The molecule has 2 aliphatic rings. The second-order valence-corrected chi connectivity index (χ2v) is 10.5. The quantitative estimate of drug-likeness (QED) is 0.364. The Bertz CT molecular complexity index is 1090. The molecule has 1 unspecified atom stereocenters. The van der Waals surface area contributed by atoms with Crippen LogP contribution in [0.4, 0.5) is 0 Å². The maximum absolute atomic E-state index is 13.6. The predicted molar refractivity (Wildman–Crippen MR) is 145 cm³/mol. The van der Waals surface area contributed by atoms with Gasteiger partial charge in [-0.1, -0.05) is 19.4 Å². The zero-order chi connectivity index (χ0) is 27.1. The Labute approximate surface area is 225 Å². The van der Waals surface area contributed by atoms with Crippen molar-refractivity contribution in [1.82, 2.24) is 14.4 Å². The van der Waals surface area contributed by atoms with Crippen LogP contribution < -0.4 is 15.2 Å². The summed E-state index contributed by atoms with van der Waals surface area (Å²) >= 11 is 0. The van der Waals surface area contributed by atoms with Crippen LogP contribution in [0.25, 0.3) is 0 Å². The third-order valence-corrected chi connectivity index (χ3v) is 7.96. The maximum atomic E-state index is 13.6. The molecule has 3 N–H and O–H groups in total. The molecule has 3 atom stereocenters. The van der Waals surface area contributed by atoms with Gasteiger partial charge in [0.05, 0.1) is 12.5 Å². The molecule has 1 saturated heterocycles. The van der Waals surface area contributed by atoms with E-state index in [1.54, 1.807) is 0 Å². The second-order valence-electron chi connectivity index (χ2n) is 10.5. The van der Waals surface area contributed by atoms with E-state index < -0.39 is 11.9 Å². The van der Waals surface area contributed by atoms with Gasteiger partial charge in [-0.05, 0) is 68.5 Å². The van der Waals surface area contributed by atoms with Gasteiger partial charge in [-0.15, -0.1) is 0 Å². The molecule has 38 heavy (non-hydrogen) atoms. The highest BCUT2D eigenvalue weighted by Crippen LogP contribution is 2.43. The molecule has 2 aromatic rings. The van der Waals surface area contributed by atoms with E-state index in [4.69, 9.17) is 15.2 Å². The molecule has 9 heteroatoms. The number of fused-ring (bicyclic) bond motifs is 1. The van der Waals surface area contributed by atoms with E-state index in [1.165, 1.54) is 0 Å². The number of nitrogens with zero attached hydrogens (tertiary/aromatic N) is 3. The van der Waals surface area contributed by atoms with Crippen LogP contribution >= 0.6 is 0 Å². The Morgan fingerprint density at radius 2 is 1.92 bits per heavy atom. The molecular weight excluding hydrogens is 484 g/mol. The molecule has 2 aliphatic heterocycles. The van der Waals surface area contributed by atoms with E-state index in [1.807, 2.05) is 42.4 Å². The van der Waals surface area contributed by atoms with Crippen LogP contribution in [-0.2, 0) is 23.1 Å². The lowest BCUT2D eigenvalue weighted by molar-refractivity contribution is -0.143. The van der Waals surface area contributed by atoms with Crippen LogP contribution in [0, 0.1) is 5.92 Å². The minimum absolute atomic E-state index is 0.0646. The molecule has 0 aliphatic carbocycles. The van der Waals surface area contributed by atoms with E-state index in [0.717, 1.165) is 49.9 Å². The largest absolute Gasteiger partial charge is 0.481 e. The fraction of sp³-hybridized carbons (Fsp3) is 0.586. The summed E-state index contributed by atoms with van der Waals surface area (Å²) in [5.74, 6) is -0.332. The number of ether oxygens (including phenoxy) is 2. The highest BCUT2D eigenvalue weighted by Gasteiger charge is 2.47. The predicted octanol–water partition coefficient (Wildman–Crippen LogP) is 3.22. The lowest BCUT2D eigenvalue weighted by atomic mass is 9.83. The number of aromatic nitrogens is 1. The number of carbonyl (C=O) groups excluding carboxylic acids is 1. The van der Waals surface area contributed by atoms with Crippen molar-refractivity contribution in [3.8, 4) is 11.5 Å². The van der Waals surface area contributed by atoms with Gasteiger partial charge in [0, 0.05) is 50.5 Å². The van der Waals surface area contributed by atoms with Crippen LogP contribution in [0.1, 0.15) is 56.2 Å². The summed E-state index contributed by atoms with van der Waals surface area (Å²) in [6, 6.07) is 9.50. The first-order valence-corrected chi connectivity index (χ1v) is 13.9. The lowest BCUT2D eigenvalue weighted by Crippen LogP contribution is -2.45. The number of carboxylic acid groups (broad SMARTS) is 1. The topological polar surface area (TPSA) is 110 Å². The Kier molecular flexibility index (Phi) is 9.69. The van der Waals surface area contributed by atoms with Gasteiger partial charge in [0.1, 0.15) is 0 Å². The Balaban J connectivity index is 1.58. The molecule has 1 aromatic carbocycles. The van der Waals surface area contributed by atoms with Crippen LogP contribution in [0.5, 0.6) is 11.5 Å². The summed E-state index contributed by atoms with van der Waals surface area (Å²) in [6.45, 7) is 5.03. The van der Waals surface area contributed by atoms with E-state index in [0.29, 0.717) is 37.6 Å². The number of rotatable bonds is 14. The molecule has 1 fully saturated rings. The highest BCUT2D eigenvalue weighted by molar-refractivity contribution is 5.79. The second kappa shape index (κ2) is 13.2. The Morgan fingerprint density at radius 1 is 1.13 bits per heavy atom. The minimum Gasteiger partial charge on any atom is -0.481 e. The van der Waals surface area contributed by atoms with Crippen molar-refractivity contribution in [3.63, 3.8) is 0 Å². The molecule has 9 nitrogen and oxygen atoms in total. The first-order chi connectivity index (χ1) is 18.4. The number of benzene rings is 1. The van der Waals surface area contributed by atoms with Crippen molar-refractivity contribution in [3.05, 3.63) is 47.8 Å². The zero-order valence-electron chi connectivity index (χ0n) is 22.7. The van der Waals surface area contributed by atoms with Gasteiger partial charge in [0.25, 0.3) is 0 Å². The van der Waals surface area contributed by atoms with Crippen molar-refractivity contribution in [2.75, 3.05) is 39.5 Å². The van der Waals surface area contributed by atoms with Crippen molar-refractivity contribution in [2.45, 2.75) is 57.4 Å². The van der Waals surface area contributed by atoms with E-state index in [-0.39, 0.29) is 31.2 Å². The SMILES string of the molecule is CCCCN(CCCCN)C(=O)CN1C[C@H](c2ccc3c(c2)OCO3)C(C(=O)O)[C@@H]1CCc1cccn1C. The molecule has 208 valence electrons. The fourth-order valence-electron chi connectivity index (χ4n) is 5.82. The van der Waals surface area contributed by atoms with Crippen molar-refractivity contribution < 1.29 is 24.2 Å². The first-order valence-electron chi connectivity index (χ1n) is 13.9. The summed E-state index contributed by atoms with van der Waals surface area (Å²) in [5.41, 5.74) is 7.75. The van der Waals surface area contributed by atoms with E-state index in [2.05, 4.69) is 22.5 Å². The van der Waals surface area contributed by atoms with Gasteiger partial charge in [0.15, 0.2) is 11.5 Å². The Morgan fingerprint density at radius 3 is 2.63 bits per heavy atom. The number of hydrogen-bond donors (Lipinski definition) is 2. The molecule has 4 rings (SSSR count). The van der Waals surface area contributed by atoms with Crippen LogP contribution in [0.15, 0.2) is 36.5 Å². The molecule has 0 radical (unpaired) electrons. The average Bonchev–Trinajstić information content (AvgIpc) is 3.62. The van der Waals surface area contributed by atoms with Crippen molar-refractivity contribution in [1.29, 1.82) is 0 Å². The molecule has 3 heterocycles. The first kappa shape index (κ1) is 28.0. The molecule has 0 spiro atoms. The van der Waals surface area contributed by atoms with Crippen molar-refractivity contribution in [2.24, 2.45) is 18.7 Å². The number of likely N-dealkylation sites (tertiary alicyclic amines) is 1. The maximum Gasteiger partial charge on any atom is 0.308 e. The summed E-state index contributed by atoms with van der Waals surface area (Å²) in [5, 5.41) is 10.4. The monoisotopic (exact) mass is 526 g/mol. The molecule has 0 bridgehead atoms. The normalized spacial score (nSPS) is 20.7. The van der Waals surface area contributed by atoms with Crippen LogP contribution in [-0.4, -0.2) is 76.9 Å². The molecular formula is C29H42N4O5. The molecule has 1 amide bonds. The summed E-state index contributed by atoms with van der Waals surface area (Å²) < 4.78 is 13.1. The smallest absolute Gasteiger partial charge is 0.308 e. The number of hydrogen-bond acceptors (Lipinski definition) is 6. The standard InChI is InChI=1S/C29H42N4O5/c1-3-4-15-32(16-6-5-13-30)27(34)19-33-18-23(21-9-12-25-26(17-21)38-20-37-25)28(29(35)36)24(33)11-10-22-8-7-14-31(22)2/h7-9,12,14,17,23-24,28H,3-6,10-11,13,15-16,18-20,30H2,1-2H3,(H,35,36)/t23-,24+,28?/m1/s1. The fourth-order valence-corrected chi connectivity index (χ4v) is 5.82. The third-order valence-electron chi connectivity index (χ3n) is 7.96. The van der Waals surface area contributed by atoms with Gasteiger partial charge in [-0.2, -0.15) is 0 Å². The van der Waals surface area contributed by atoms with Crippen LogP contribution in [0.2, 0.25) is 0 Å². The molecule has 0 saturated carbocycles. The lowest BCUT2D eigenvalue weighted by Gasteiger charge is -2.30. The number of unbranched alkanes of at least 4 members (excludes halogenated alkanes) is 2. The van der Waals surface area contributed by atoms with E-state index >= 15 is 0 Å². The zero-order valence-corrected chi connectivity index (χ0v) is 22.7. The molecule has 1 aromatic heterocycles. The van der Waals surface area contributed by atoms with Gasteiger partial charge >= 0.3 is 5.97 Å². The van der Waals surface area contributed by atoms with Gasteiger partial charge < -0.3 is 29.8 Å². The number of nitrogens with two attached hydrogens (primary N) is 1. The van der Waals surface area contributed by atoms with Gasteiger partial charge in [0.2, 0.25) is 12.7 Å². The number of carboxylic acids is 1. The van der Waals surface area contributed by atoms with Crippen LogP contribution in [0.3, 0.4) is 0 Å². The van der Waals surface area contributed by atoms with Gasteiger partial charge in [-0.25, -0.2) is 0 Å². The van der Waals surface area contributed by atoms with Crippen molar-refractivity contribution >= 4 is 11.9 Å².